The van der Waals surface area contributed by atoms with E-state index in [2.05, 4.69) is 10.3 Å². The number of nitrogens with zero attached hydrogens (tertiary/aromatic N) is 1. The summed E-state index contributed by atoms with van der Waals surface area (Å²) in [4.78, 5) is 3.82. The lowest BCUT2D eigenvalue weighted by atomic mass is 9.99. The molecule has 0 atom stereocenters. The second-order valence-corrected chi connectivity index (χ2v) is 6.06. The highest BCUT2D eigenvalue weighted by Crippen LogP contribution is 2.34. The van der Waals surface area contributed by atoms with E-state index < -0.39 is 11.7 Å². The Morgan fingerprint density at radius 1 is 1.35 bits per heavy atom. The second-order valence-electron chi connectivity index (χ2n) is 4.78. The van der Waals surface area contributed by atoms with Gasteiger partial charge in [0.15, 0.2) is 0 Å². The predicted molar refractivity (Wildman–Crippen MR) is 74.0 cm³/mol. The second kappa shape index (κ2) is 6.22. The molecule has 20 heavy (non-hydrogen) atoms. The standard InChI is InChI=1S/C13H17F3N2OS/c1-20-12(4-6-19-7-5-12)9-18-11-3-2-10(8-17-11)13(14,15)16/h2-3,8H,4-7,9H2,1H3,(H,17,18). The number of pyridine rings is 1. The van der Waals surface area contributed by atoms with Crippen molar-refractivity contribution in [1.82, 2.24) is 4.98 Å². The Bertz CT molecular complexity index is 430. The molecule has 2 heterocycles. The predicted octanol–water partition coefficient (Wildman–Crippen LogP) is 3.42. The third kappa shape index (κ3) is 3.79. The molecule has 1 saturated heterocycles. The molecule has 0 amide bonds. The van der Waals surface area contributed by atoms with E-state index in [1.165, 1.54) is 6.07 Å². The van der Waals surface area contributed by atoms with Crippen molar-refractivity contribution < 1.29 is 17.9 Å². The van der Waals surface area contributed by atoms with Crippen molar-refractivity contribution in [3.63, 3.8) is 0 Å². The first-order chi connectivity index (χ1) is 9.45. The summed E-state index contributed by atoms with van der Waals surface area (Å²) < 4.78 is 42.7. The lowest BCUT2D eigenvalue weighted by Crippen LogP contribution is -2.39. The largest absolute Gasteiger partial charge is 0.417 e. The van der Waals surface area contributed by atoms with Crippen LogP contribution in [0.1, 0.15) is 18.4 Å². The molecular formula is C13H17F3N2OS. The van der Waals surface area contributed by atoms with Crippen LogP contribution in [0.2, 0.25) is 0 Å². The molecule has 1 aromatic heterocycles. The number of ether oxygens (including phenoxy) is 1. The van der Waals surface area contributed by atoms with E-state index in [0.717, 1.165) is 38.3 Å². The Morgan fingerprint density at radius 2 is 2.05 bits per heavy atom. The number of nitrogens with one attached hydrogen (secondary N) is 1. The molecule has 0 radical (unpaired) electrons. The van der Waals surface area contributed by atoms with Crippen LogP contribution in [0.15, 0.2) is 18.3 Å². The number of hydrogen-bond donors (Lipinski definition) is 1. The Labute approximate surface area is 120 Å². The number of anilines is 1. The van der Waals surface area contributed by atoms with Gasteiger partial charge in [-0.15, -0.1) is 0 Å². The first-order valence-corrected chi connectivity index (χ1v) is 7.58. The molecule has 1 N–H and O–H groups in total. The van der Waals surface area contributed by atoms with Crippen molar-refractivity contribution in [3.8, 4) is 0 Å². The highest BCUT2D eigenvalue weighted by atomic mass is 32.2. The summed E-state index contributed by atoms with van der Waals surface area (Å²) in [5.74, 6) is 0.470. The van der Waals surface area contributed by atoms with E-state index in [-0.39, 0.29) is 4.75 Å². The minimum atomic E-state index is -4.34. The molecule has 0 spiro atoms. The molecule has 0 saturated carbocycles. The summed E-state index contributed by atoms with van der Waals surface area (Å²) in [7, 11) is 0. The molecule has 0 aromatic carbocycles. The maximum atomic E-state index is 12.4. The maximum Gasteiger partial charge on any atom is 0.417 e. The van der Waals surface area contributed by atoms with Crippen LogP contribution in [0.4, 0.5) is 19.0 Å². The fraction of sp³-hybridized carbons (Fsp3) is 0.615. The van der Waals surface area contributed by atoms with Crippen LogP contribution in [0.5, 0.6) is 0 Å². The fourth-order valence-electron chi connectivity index (χ4n) is 2.11. The van der Waals surface area contributed by atoms with Crippen LogP contribution >= 0.6 is 11.8 Å². The van der Waals surface area contributed by atoms with Gasteiger partial charge in [-0.2, -0.15) is 24.9 Å². The van der Waals surface area contributed by atoms with Crippen LogP contribution in [0.25, 0.3) is 0 Å². The quantitative estimate of drug-likeness (QED) is 0.924. The van der Waals surface area contributed by atoms with Gasteiger partial charge in [-0.05, 0) is 31.2 Å². The van der Waals surface area contributed by atoms with E-state index in [9.17, 15) is 13.2 Å². The number of hydrogen-bond acceptors (Lipinski definition) is 4. The van der Waals surface area contributed by atoms with Gasteiger partial charge in [-0.1, -0.05) is 0 Å². The summed E-state index contributed by atoms with van der Waals surface area (Å²) in [5, 5.41) is 3.13. The van der Waals surface area contributed by atoms with Gasteiger partial charge >= 0.3 is 6.18 Å². The zero-order chi connectivity index (χ0) is 14.6. The molecule has 3 nitrogen and oxygen atoms in total. The lowest BCUT2D eigenvalue weighted by Gasteiger charge is -2.35. The molecule has 1 aromatic rings. The highest BCUT2D eigenvalue weighted by molar-refractivity contribution is 8.00. The van der Waals surface area contributed by atoms with Gasteiger partial charge in [-0.25, -0.2) is 4.98 Å². The maximum absolute atomic E-state index is 12.4. The third-order valence-electron chi connectivity index (χ3n) is 3.52. The third-order valence-corrected chi connectivity index (χ3v) is 4.94. The number of rotatable bonds is 4. The van der Waals surface area contributed by atoms with Gasteiger partial charge in [0.1, 0.15) is 5.82 Å². The smallest absolute Gasteiger partial charge is 0.381 e. The lowest BCUT2D eigenvalue weighted by molar-refractivity contribution is -0.137. The molecule has 112 valence electrons. The molecule has 0 aliphatic carbocycles. The van der Waals surface area contributed by atoms with Crippen molar-refractivity contribution in [2.75, 3.05) is 31.3 Å². The Balaban J connectivity index is 1.96. The number of aromatic nitrogens is 1. The average molecular weight is 306 g/mol. The summed E-state index contributed by atoms with van der Waals surface area (Å²) in [6.45, 7) is 2.13. The summed E-state index contributed by atoms with van der Waals surface area (Å²) in [5.41, 5.74) is -0.728. The Morgan fingerprint density at radius 3 is 2.55 bits per heavy atom. The normalized spacial score (nSPS) is 18.8. The molecule has 1 aliphatic heterocycles. The zero-order valence-electron chi connectivity index (χ0n) is 11.2. The minimum absolute atomic E-state index is 0.0721. The molecule has 2 rings (SSSR count). The van der Waals surface area contributed by atoms with Gasteiger partial charge in [0, 0.05) is 30.7 Å². The van der Waals surface area contributed by atoms with E-state index in [4.69, 9.17) is 4.74 Å². The number of alkyl halides is 3. The molecule has 7 heteroatoms. The monoisotopic (exact) mass is 306 g/mol. The SMILES string of the molecule is CSC1(CNc2ccc(C(F)(F)F)cn2)CCOCC1. The average Bonchev–Trinajstić information content (AvgIpc) is 2.46. The van der Waals surface area contributed by atoms with Crippen LogP contribution in [-0.2, 0) is 10.9 Å². The molecule has 0 bridgehead atoms. The summed E-state index contributed by atoms with van der Waals surface area (Å²) >= 11 is 1.77. The fourth-order valence-corrected chi connectivity index (χ4v) is 2.91. The van der Waals surface area contributed by atoms with Gasteiger partial charge in [0.25, 0.3) is 0 Å². The van der Waals surface area contributed by atoms with Crippen LogP contribution in [0.3, 0.4) is 0 Å². The summed E-state index contributed by atoms with van der Waals surface area (Å²) in [6, 6.07) is 2.42. The Kier molecular flexibility index (Phi) is 4.80. The van der Waals surface area contributed by atoms with Crippen molar-refractivity contribution in [2.45, 2.75) is 23.8 Å². The van der Waals surface area contributed by atoms with E-state index in [1.807, 2.05) is 6.26 Å². The first kappa shape index (κ1) is 15.4. The highest BCUT2D eigenvalue weighted by Gasteiger charge is 2.32. The van der Waals surface area contributed by atoms with Crippen molar-refractivity contribution in [2.24, 2.45) is 0 Å². The molecule has 1 aliphatic rings. The first-order valence-electron chi connectivity index (χ1n) is 6.35. The van der Waals surface area contributed by atoms with Crippen LogP contribution in [0, 0.1) is 0 Å². The van der Waals surface area contributed by atoms with Crippen LogP contribution in [-0.4, -0.2) is 35.7 Å². The molecular weight excluding hydrogens is 289 g/mol. The van der Waals surface area contributed by atoms with E-state index >= 15 is 0 Å². The van der Waals surface area contributed by atoms with E-state index in [0.29, 0.717) is 12.4 Å². The van der Waals surface area contributed by atoms with Gasteiger partial charge < -0.3 is 10.1 Å². The number of halogens is 3. The van der Waals surface area contributed by atoms with Crippen molar-refractivity contribution >= 4 is 17.6 Å². The topological polar surface area (TPSA) is 34.2 Å². The van der Waals surface area contributed by atoms with Gasteiger partial charge in [0.05, 0.1) is 5.56 Å². The van der Waals surface area contributed by atoms with Crippen molar-refractivity contribution in [1.29, 1.82) is 0 Å². The zero-order valence-corrected chi connectivity index (χ0v) is 12.0. The van der Waals surface area contributed by atoms with Gasteiger partial charge in [-0.3, -0.25) is 0 Å². The molecule has 0 unspecified atom stereocenters. The van der Waals surface area contributed by atoms with Crippen molar-refractivity contribution in [3.05, 3.63) is 23.9 Å². The Hall–Kier alpha value is -0.950. The van der Waals surface area contributed by atoms with E-state index in [1.54, 1.807) is 11.8 Å². The van der Waals surface area contributed by atoms with Gasteiger partial charge in [0.2, 0.25) is 0 Å². The summed E-state index contributed by atoms with van der Waals surface area (Å²) in [6.07, 6.45) is 0.432. The molecule has 1 fully saturated rings. The number of thioether (sulfide) groups is 1. The minimum Gasteiger partial charge on any atom is -0.381 e. The van der Waals surface area contributed by atoms with Crippen LogP contribution < -0.4 is 5.32 Å².